The average Bonchev–Trinajstić information content (AvgIpc) is 2.77. The van der Waals surface area contributed by atoms with E-state index in [9.17, 15) is 9.59 Å². The van der Waals surface area contributed by atoms with Crippen LogP contribution in [0.5, 0.6) is 0 Å². The average molecular weight is 422 g/mol. The number of anilines is 1. The van der Waals surface area contributed by atoms with E-state index in [2.05, 4.69) is 16.0 Å². The highest BCUT2D eigenvalue weighted by Gasteiger charge is 2.14. The molecule has 1 atom stereocenters. The van der Waals surface area contributed by atoms with Crippen LogP contribution in [-0.2, 0) is 11.3 Å². The Hall–Kier alpha value is -3.15. The SMILES string of the molecule is C[C@@H](NCC(=O)Nc1ccccc1C(=O)NCc1ccccc1)c1cccc(Cl)c1. The number of carbonyl (C=O) groups is 2. The summed E-state index contributed by atoms with van der Waals surface area (Å²) >= 11 is 6.03. The van der Waals surface area contributed by atoms with Gasteiger partial charge in [0.05, 0.1) is 17.8 Å². The van der Waals surface area contributed by atoms with Crippen molar-refractivity contribution in [2.24, 2.45) is 0 Å². The highest BCUT2D eigenvalue weighted by atomic mass is 35.5. The predicted octanol–water partition coefficient (Wildman–Crippen LogP) is 4.56. The van der Waals surface area contributed by atoms with Crippen LogP contribution in [-0.4, -0.2) is 18.4 Å². The Labute approximate surface area is 181 Å². The van der Waals surface area contributed by atoms with E-state index in [1.165, 1.54) is 0 Å². The second-order valence-corrected chi connectivity index (χ2v) is 7.36. The van der Waals surface area contributed by atoms with Crippen LogP contribution >= 0.6 is 11.6 Å². The van der Waals surface area contributed by atoms with Crippen molar-refractivity contribution in [1.29, 1.82) is 0 Å². The molecule has 2 amide bonds. The third-order valence-electron chi connectivity index (χ3n) is 4.66. The molecule has 0 spiro atoms. The lowest BCUT2D eigenvalue weighted by atomic mass is 10.1. The van der Waals surface area contributed by atoms with Crippen LogP contribution < -0.4 is 16.0 Å². The summed E-state index contributed by atoms with van der Waals surface area (Å²) in [4.78, 5) is 25.1. The Morgan fingerprint density at radius 2 is 1.67 bits per heavy atom. The largest absolute Gasteiger partial charge is 0.348 e. The molecule has 0 saturated carbocycles. The van der Waals surface area contributed by atoms with E-state index in [1.54, 1.807) is 24.3 Å². The van der Waals surface area contributed by atoms with Gasteiger partial charge in [0.2, 0.25) is 5.91 Å². The molecule has 0 fully saturated rings. The van der Waals surface area contributed by atoms with Crippen molar-refractivity contribution in [1.82, 2.24) is 10.6 Å². The molecule has 0 aromatic heterocycles. The van der Waals surface area contributed by atoms with Gasteiger partial charge < -0.3 is 16.0 Å². The van der Waals surface area contributed by atoms with Gasteiger partial charge in [0.1, 0.15) is 0 Å². The molecule has 0 aliphatic carbocycles. The summed E-state index contributed by atoms with van der Waals surface area (Å²) in [6.07, 6.45) is 0. The zero-order valence-electron chi connectivity index (χ0n) is 16.7. The standard InChI is InChI=1S/C24H24ClN3O2/c1-17(19-10-7-11-20(25)14-19)26-16-23(29)28-22-13-6-5-12-21(22)24(30)27-15-18-8-3-2-4-9-18/h2-14,17,26H,15-16H2,1H3,(H,27,30)(H,28,29)/t17-/m1/s1. The second-order valence-electron chi connectivity index (χ2n) is 6.92. The first-order valence-electron chi connectivity index (χ1n) is 9.73. The van der Waals surface area contributed by atoms with E-state index in [0.717, 1.165) is 11.1 Å². The second kappa shape index (κ2) is 10.6. The molecule has 154 valence electrons. The lowest BCUT2D eigenvalue weighted by Gasteiger charge is -2.15. The van der Waals surface area contributed by atoms with Gasteiger partial charge in [-0.3, -0.25) is 9.59 Å². The molecule has 0 aliphatic rings. The number of para-hydroxylation sites is 1. The van der Waals surface area contributed by atoms with Crippen LogP contribution in [0.2, 0.25) is 5.02 Å². The molecule has 0 heterocycles. The van der Waals surface area contributed by atoms with Crippen LogP contribution in [0.1, 0.15) is 34.5 Å². The van der Waals surface area contributed by atoms with Crippen molar-refractivity contribution in [2.45, 2.75) is 19.5 Å². The minimum absolute atomic E-state index is 0.0427. The Kier molecular flexibility index (Phi) is 7.60. The van der Waals surface area contributed by atoms with E-state index in [-0.39, 0.29) is 24.4 Å². The minimum Gasteiger partial charge on any atom is -0.348 e. The Bertz CT molecular complexity index is 1010. The fraction of sp³-hybridized carbons (Fsp3) is 0.167. The van der Waals surface area contributed by atoms with Crippen molar-refractivity contribution in [3.8, 4) is 0 Å². The first-order valence-corrected chi connectivity index (χ1v) is 10.1. The molecule has 0 bridgehead atoms. The first-order chi connectivity index (χ1) is 14.5. The van der Waals surface area contributed by atoms with Gasteiger partial charge in [0, 0.05) is 17.6 Å². The lowest BCUT2D eigenvalue weighted by molar-refractivity contribution is -0.115. The normalized spacial score (nSPS) is 11.5. The van der Waals surface area contributed by atoms with Gasteiger partial charge in [-0.2, -0.15) is 0 Å². The topological polar surface area (TPSA) is 70.2 Å². The molecule has 0 saturated heterocycles. The van der Waals surface area contributed by atoms with Crippen LogP contribution in [0.15, 0.2) is 78.9 Å². The quantitative estimate of drug-likeness (QED) is 0.499. The molecular weight excluding hydrogens is 398 g/mol. The van der Waals surface area contributed by atoms with E-state index >= 15 is 0 Å². The van der Waals surface area contributed by atoms with Gasteiger partial charge in [-0.05, 0) is 42.3 Å². The van der Waals surface area contributed by atoms with E-state index in [0.29, 0.717) is 22.8 Å². The molecule has 0 aliphatic heterocycles. The maximum atomic E-state index is 12.6. The monoisotopic (exact) mass is 421 g/mol. The van der Waals surface area contributed by atoms with E-state index in [4.69, 9.17) is 11.6 Å². The lowest BCUT2D eigenvalue weighted by Crippen LogP contribution is -2.31. The maximum absolute atomic E-state index is 12.6. The number of hydrogen-bond acceptors (Lipinski definition) is 3. The summed E-state index contributed by atoms with van der Waals surface area (Å²) in [5.74, 6) is -0.470. The number of hydrogen-bond donors (Lipinski definition) is 3. The third-order valence-corrected chi connectivity index (χ3v) is 4.89. The van der Waals surface area contributed by atoms with Crippen molar-refractivity contribution in [3.63, 3.8) is 0 Å². The molecule has 0 unspecified atom stereocenters. The van der Waals surface area contributed by atoms with Gasteiger partial charge in [-0.25, -0.2) is 0 Å². The number of halogens is 1. The highest BCUT2D eigenvalue weighted by Crippen LogP contribution is 2.18. The molecule has 3 aromatic rings. The fourth-order valence-electron chi connectivity index (χ4n) is 3.00. The zero-order chi connectivity index (χ0) is 21.3. The van der Waals surface area contributed by atoms with Crippen molar-refractivity contribution in [3.05, 3.63) is 101 Å². The number of benzene rings is 3. The summed E-state index contributed by atoms with van der Waals surface area (Å²) < 4.78 is 0. The summed E-state index contributed by atoms with van der Waals surface area (Å²) in [5.41, 5.74) is 2.90. The van der Waals surface area contributed by atoms with Crippen molar-refractivity contribution >= 4 is 29.1 Å². The van der Waals surface area contributed by atoms with Gasteiger partial charge in [-0.1, -0.05) is 66.2 Å². The molecular formula is C24H24ClN3O2. The first kappa shape index (κ1) is 21.6. The molecule has 6 heteroatoms. The zero-order valence-corrected chi connectivity index (χ0v) is 17.4. The predicted molar refractivity (Wildman–Crippen MR) is 121 cm³/mol. The number of amides is 2. The van der Waals surface area contributed by atoms with Gasteiger partial charge in [0.15, 0.2) is 0 Å². The van der Waals surface area contributed by atoms with Crippen molar-refractivity contribution in [2.75, 3.05) is 11.9 Å². The molecule has 0 radical (unpaired) electrons. The fourth-order valence-corrected chi connectivity index (χ4v) is 3.20. The highest BCUT2D eigenvalue weighted by molar-refractivity contribution is 6.30. The minimum atomic E-state index is -0.241. The van der Waals surface area contributed by atoms with E-state index in [1.807, 2.05) is 61.5 Å². The van der Waals surface area contributed by atoms with Gasteiger partial charge in [0.25, 0.3) is 5.91 Å². The molecule has 30 heavy (non-hydrogen) atoms. The van der Waals surface area contributed by atoms with Gasteiger partial charge in [-0.15, -0.1) is 0 Å². The Balaban J connectivity index is 1.57. The number of nitrogens with one attached hydrogen (secondary N) is 3. The summed E-state index contributed by atoms with van der Waals surface area (Å²) in [6.45, 7) is 2.48. The van der Waals surface area contributed by atoms with Crippen LogP contribution in [0.25, 0.3) is 0 Å². The smallest absolute Gasteiger partial charge is 0.253 e. The number of rotatable bonds is 8. The van der Waals surface area contributed by atoms with Gasteiger partial charge >= 0.3 is 0 Å². The van der Waals surface area contributed by atoms with Crippen molar-refractivity contribution < 1.29 is 9.59 Å². The molecule has 5 nitrogen and oxygen atoms in total. The Morgan fingerprint density at radius 1 is 0.933 bits per heavy atom. The molecule has 3 N–H and O–H groups in total. The van der Waals surface area contributed by atoms with Crippen LogP contribution in [0.4, 0.5) is 5.69 Å². The summed E-state index contributed by atoms with van der Waals surface area (Å²) in [6, 6.07) is 24.1. The van der Waals surface area contributed by atoms with Crippen LogP contribution in [0.3, 0.4) is 0 Å². The number of carbonyl (C=O) groups excluding carboxylic acids is 2. The third kappa shape index (κ3) is 6.17. The molecule has 3 rings (SSSR count). The van der Waals surface area contributed by atoms with E-state index < -0.39 is 0 Å². The maximum Gasteiger partial charge on any atom is 0.253 e. The van der Waals surface area contributed by atoms with Crippen LogP contribution in [0, 0.1) is 0 Å². The summed E-state index contributed by atoms with van der Waals surface area (Å²) in [7, 11) is 0. The summed E-state index contributed by atoms with van der Waals surface area (Å²) in [5, 5.41) is 9.53. The molecule has 3 aromatic carbocycles. The Morgan fingerprint density at radius 3 is 2.43 bits per heavy atom.